The molecule has 152 valence electrons. The molecule has 1 N–H and O–H groups in total. The highest BCUT2D eigenvalue weighted by atomic mass is 32.2. The minimum absolute atomic E-state index is 0.0261. The lowest BCUT2D eigenvalue weighted by atomic mass is 10.1. The Balaban J connectivity index is 1.81. The number of nitrogens with zero attached hydrogens (tertiary/aromatic N) is 2. The molecule has 0 bridgehead atoms. The van der Waals surface area contributed by atoms with E-state index in [1.807, 2.05) is 6.07 Å². The second-order valence-electron chi connectivity index (χ2n) is 6.62. The van der Waals surface area contributed by atoms with Crippen molar-refractivity contribution >= 4 is 21.6 Å². The van der Waals surface area contributed by atoms with Gasteiger partial charge in [0.15, 0.2) is 11.5 Å². The van der Waals surface area contributed by atoms with E-state index in [1.54, 1.807) is 38.2 Å². The molecule has 0 aromatic heterocycles. The second-order valence-corrected chi connectivity index (χ2v) is 8.30. The molecule has 1 aliphatic rings. The highest BCUT2D eigenvalue weighted by Gasteiger charge is 2.21. The number of fused-ring (bicyclic) bond motifs is 1. The van der Waals surface area contributed by atoms with Crippen molar-refractivity contribution in [1.82, 2.24) is 4.90 Å². The van der Waals surface area contributed by atoms with E-state index in [0.29, 0.717) is 30.3 Å². The summed E-state index contributed by atoms with van der Waals surface area (Å²) in [6.07, 6.45) is 0.207. The lowest BCUT2D eigenvalue weighted by Gasteiger charge is -2.23. The summed E-state index contributed by atoms with van der Waals surface area (Å²) in [5.41, 5.74) is 0.576. The Morgan fingerprint density at radius 3 is 2.66 bits per heavy atom. The van der Waals surface area contributed by atoms with Crippen molar-refractivity contribution in [1.29, 1.82) is 5.26 Å². The highest BCUT2D eigenvalue weighted by molar-refractivity contribution is 7.92. The monoisotopic (exact) mass is 415 g/mol. The van der Waals surface area contributed by atoms with Crippen molar-refractivity contribution in [3.05, 3.63) is 48.0 Å². The van der Waals surface area contributed by atoms with Gasteiger partial charge in [-0.2, -0.15) is 5.26 Å². The van der Waals surface area contributed by atoms with Crippen LogP contribution >= 0.6 is 0 Å². The molecule has 3 rings (SSSR count). The van der Waals surface area contributed by atoms with Gasteiger partial charge in [-0.1, -0.05) is 6.07 Å². The molecule has 2 aromatic rings. The molecule has 0 aliphatic carbocycles. The van der Waals surface area contributed by atoms with Crippen molar-refractivity contribution in [3.63, 3.8) is 0 Å². The number of ether oxygens (including phenoxy) is 2. The van der Waals surface area contributed by atoms with E-state index in [4.69, 9.17) is 14.7 Å². The normalized spacial score (nSPS) is 13.8. The van der Waals surface area contributed by atoms with E-state index in [2.05, 4.69) is 4.72 Å². The smallest absolute Gasteiger partial charge is 0.262 e. The van der Waals surface area contributed by atoms with Crippen LogP contribution in [0.4, 0.5) is 5.69 Å². The molecule has 8 nitrogen and oxygen atoms in total. The van der Waals surface area contributed by atoms with Crippen LogP contribution in [0.5, 0.6) is 11.5 Å². The number of carbonyl (C=O) groups is 1. The average molecular weight is 415 g/mol. The molecule has 0 fully saturated rings. The lowest BCUT2D eigenvalue weighted by molar-refractivity contribution is 0.0746. The van der Waals surface area contributed by atoms with Crippen molar-refractivity contribution < 1.29 is 22.7 Å². The summed E-state index contributed by atoms with van der Waals surface area (Å²) in [4.78, 5) is 14.1. The number of benzene rings is 2. The summed E-state index contributed by atoms with van der Waals surface area (Å²) in [6, 6.07) is 12.4. The maximum atomic E-state index is 12.8. The minimum Gasteiger partial charge on any atom is -0.486 e. The fourth-order valence-electron chi connectivity index (χ4n) is 2.79. The molecule has 9 heteroatoms. The number of sulfonamides is 1. The number of nitrogens with one attached hydrogen (secondary N) is 1. The molecule has 0 saturated carbocycles. The first-order chi connectivity index (χ1) is 13.8. The average Bonchev–Trinajstić information content (AvgIpc) is 2.72. The molecular formula is C20H21N3O5S. The van der Waals surface area contributed by atoms with Gasteiger partial charge in [0.1, 0.15) is 13.2 Å². The summed E-state index contributed by atoms with van der Waals surface area (Å²) in [6.45, 7) is 2.54. The van der Waals surface area contributed by atoms with Crippen LogP contribution in [0, 0.1) is 11.3 Å². The molecule has 1 aliphatic heterocycles. The molecule has 2 aromatic carbocycles. The molecule has 0 spiro atoms. The first-order valence-electron chi connectivity index (χ1n) is 8.98. The largest absolute Gasteiger partial charge is 0.486 e. The number of hydrogen-bond acceptors (Lipinski definition) is 6. The minimum atomic E-state index is -3.89. The maximum Gasteiger partial charge on any atom is 0.262 e. The topological polar surface area (TPSA) is 109 Å². The quantitative estimate of drug-likeness (QED) is 0.777. The fraction of sp³-hybridized carbons (Fsp3) is 0.300. The molecular weight excluding hydrogens is 394 g/mol. The van der Waals surface area contributed by atoms with Gasteiger partial charge < -0.3 is 14.4 Å². The molecule has 1 atom stereocenters. The predicted octanol–water partition coefficient (Wildman–Crippen LogP) is 2.63. The van der Waals surface area contributed by atoms with Gasteiger partial charge in [0.25, 0.3) is 15.9 Å². The van der Waals surface area contributed by atoms with Crippen LogP contribution in [0.2, 0.25) is 0 Å². The van der Waals surface area contributed by atoms with Crippen LogP contribution in [0.1, 0.15) is 23.7 Å². The van der Waals surface area contributed by atoms with Crippen LogP contribution < -0.4 is 14.2 Å². The molecule has 29 heavy (non-hydrogen) atoms. The predicted molar refractivity (Wildman–Crippen MR) is 106 cm³/mol. The molecule has 1 amide bonds. The standard InChI is InChI=1S/C20H21N3O5S/c1-14(8-9-21)23(2)20(24)15-4-3-5-16(12-15)22-29(25,26)17-6-7-18-19(13-17)28-11-10-27-18/h3-7,12-14,22H,8,10-11H2,1-2H3. The summed E-state index contributed by atoms with van der Waals surface area (Å²) in [5.74, 6) is 0.571. The van der Waals surface area contributed by atoms with Gasteiger partial charge >= 0.3 is 0 Å². The van der Waals surface area contributed by atoms with E-state index in [1.165, 1.54) is 23.1 Å². The zero-order valence-corrected chi connectivity index (χ0v) is 16.9. The van der Waals surface area contributed by atoms with Gasteiger partial charge in [0.2, 0.25) is 0 Å². The Bertz CT molecular complexity index is 1060. The van der Waals surface area contributed by atoms with Gasteiger partial charge in [-0.15, -0.1) is 0 Å². The number of anilines is 1. The van der Waals surface area contributed by atoms with Gasteiger partial charge in [-0.3, -0.25) is 9.52 Å². The van der Waals surface area contributed by atoms with E-state index >= 15 is 0 Å². The third kappa shape index (κ3) is 4.60. The van der Waals surface area contributed by atoms with E-state index in [0.717, 1.165) is 0 Å². The number of amides is 1. The Morgan fingerprint density at radius 2 is 1.93 bits per heavy atom. The van der Waals surface area contributed by atoms with E-state index in [9.17, 15) is 13.2 Å². The Labute approximate surface area is 169 Å². The van der Waals surface area contributed by atoms with Crippen molar-refractivity contribution in [2.75, 3.05) is 25.0 Å². The zero-order valence-electron chi connectivity index (χ0n) is 16.1. The molecule has 0 radical (unpaired) electrons. The number of hydrogen-bond donors (Lipinski definition) is 1. The number of rotatable bonds is 6. The van der Waals surface area contributed by atoms with Crippen LogP contribution in [-0.4, -0.2) is 45.5 Å². The van der Waals surface area contributed by atoms with Gasteiger partial charge in [-0.25, -0.2) is 8.42 Å². The fourth-order valence-corrected chi connectivity index (χ4v) is 3.86. The summed E-state index contributed by atoms with van der Waals surface area (Å²) in [7, 11) is -2.28. The van der Waals surface area contributed by atoms with Crippen molar-refractivity contribution in [2.24, 2.45) is 0 Å². The SMILES string of the molecule is CC(CC#N)N(C)C(=O)c1cccc(NS(=O)(=O)c2ccc3c(c2)OCCO3)c1. The number of nitriles is 1. The van der Waals surface area contributed by atoms with E-state index < -0.39 is 10.0 Å². The third-order valence-electron chi connectivity index (χ3n) is 4.55. The van der Waals surface area contributed by atoms with Crippen LogP contribution in [0.15, 0.2) is 47.4 Å². The summed E-state index contributed by atoms with van der Waals surface area (Å²) in [5, 5.41) is 8.81. The maximum absolute atomic E-state index is 12.8. The second kappa shape index (κ2) is 8.41. The van der Waals surface area contributed by atoms with E-state index in [-0.39, 0.29) is 29.0 Å². The third-order valence-corrected chi connectivity index (χ3v) is 5.93. The zero-order chi connectivity index (χ0) is 21.0. The van der Waals surface area contributed by atoms with Gasteiger partial charge in [-0.05, 0) is 37.3 Å². The molecule has 1 unspecified atom stereocenters. The number of carbonyl (C=O) groups excluding carboxylic acids is 1. The summed E-state index contributed by atoms with van der Waals surface area (Å²) < 4.78 is 38.8. The lowest BCUT2D eigenvalue weighted by Crippen LogP contribution is -2.34. The van der Waals surface area contributed by atoms with Crippen molar-refractivity contribution in [3.8, 4) is 17.6 Å². The Morgan fingerprint density at radius 1 is 1.21 bits per heavy atom. The molecule has 1 heterocycles. The van der Waals surface area contributed by atoms with Crippen molar-refractivity contribution in [2.45, 2.75) is 24.3 Å². The van der Waals surface area contributed by atoms with Gasteiger partial charge in [0.05, 0.1) is 17.4 Å². The Kier molecular flexibility index (Phi) is 5.94. The summed E-state index contributed by atoms with van der Waals surface area (Å²) >= 11 is 0. The first-order valence-corrected chi connectivity index (χ1v) is 10.5. The van der Waals surface area contributed by atoms with Crippen LogP contribution in [-0.2, 0) is 10.0 Å². The highest BCUT2D eigenvalue weighted by Crippen LogP contribution is 2.32. The molecule has 0 saturated heterocycles. The Hall–Kier alpha value is -3.25. The van der Waals surface area contributed by atoms with Crippen LogP contribution in [0.3, 0.4) is 0 Å². The van der Waals surface area contributed by atoms with Crippen LogP contribution in [0.25, 0.3) is 0 Å². The first kappa shape index (κ1) is 20.5. The van der Waals surface area contributed by atoms with Gasteiger partial charge in [0, 0.05) is 30.4 Å².